The summed E-state index contributed by atoms with van der Waals surface area (Å²) in [6, 6.07) is 7.04. The molecule has 0 aliphatic carbocycles. The van der Waals surface area contributed by atoms with Crippen LogP contribution in [0.1, 0.15) is 25.3 Å². The Bertz CT molecular complexity index is 375. The quantitative estimate of drug-likeness (QED) is 0.707. The number of phenols is 1. The predicted octanol–water partition coefficient (Wildman–Crippen LogP) is 1.52. The van der Waals surface area contributed by atoms with Crippen molar-refractivity contribution in [1.82, 2.24) is 5.32 Å². The largest absolute Gasteiger partial charge is 0.508 e. The number of aromatic hydroxyl groups is 1. The highest BCUT2D eigenvalue weighted by molar-refractivity contribution is 5.79. The van der Waals surface area contributed by atoms with Gasteiger partial charge in [-0.15, -0.1) is 0 Å². The highest BCUT2D eigenvalue weighted by Gasteiger charge is 2.34. The smallest absolute Gasteiger partial charge is 0.220 e. The van der Waals surface area contributed by atoms with Crippen LogP contribution >= 0.6 is 0 Å². The summed E-state index contributed by atoms with van der Waals surface area (Å²) < 4.78 is 0. The molecule has 1 saturated heterocycles. The van der Waals surface area contributed by atoms with Gasteiger partial charge in [0.15, 0.2) is 0 Å². The van der Waals surface area contributed by atoms with Crippen LogP contribution in [0.15, 0.2) is 24.3 Å². The first-order valence-electron chi connectivity index (χ1n) is 4.71. The van der Waals surface area contributed by atoms with Crippen molar-refractivity contribution in [2.75, 3.05) is 0 Å². The van der Waals surface area contributed by atoms with Crippen molar-refractivity contribution in [3.05, 3.63) is 29.8 Å². The number of hydrogen-bond donors (Lipinski definition) is 2. The average Bonchev–Trinajstić information content (AvgIpc) is 2.48. The fraction of sp³-hybridized carbons (Fsp3) is 0.364. The molecule has 3 heteroatoms. The van der Waals surface area contributed by atoms with Crippen LogP contribution in [0.4, 0.5) is 0 Å². The summed E-state index contributed by atoms with van der Waals surface area (Å²) in [6.45, 7) is 1.98. The van der Waals surface area contributed by atoms with Crippen molar-refractivity contribution in [1.29, 1.82) is 0 Å². The minimum Gasteiger partial charge on any atom is -0.508 e. The molecular formula is C11H13NO2. The molecule has 1 heterocycles. The maximum Gasteiger partial charge on any atom is 0.220 e. The molecule has 14 heavy (non-hydrogen) atoms. The Labute approximate surface area is 82.8 Å². The number of phenolic OH excluding ortho intramolecular Hbond substituents is 1. The Morgan fingerprint density at radius 1 is 1.50 bits per heavy atom. The molecule has 1 atom stereocenters. The fourth-order valence-corrected chi connectivity index (χ4v) is 1.86. The molecule has 1 unspecified atom stereocenters. The van der Waals surface area contributed by atoms with Gasteiger partial charge in [-0.3, -0.25) is 4.79 Å². The Morgan fingerprint density at radius 3 is 2.86 bits per heavy atom. The first kappa shape index (κ1) is 9.06. The fourth-order valence-electron chi connectivity index (χ4n) is 1.86. The SMILES string of the molecule is CC1(c2cccc(O)c2)CCC(=O)N1. The monoisotopic (exact) mass is 191 g/mol. The van der Waals surface area contributed by atoms with E-state index in [4.69, 9.17) is 0 Å². The van der Waals surface area contributed by atoms with E-state index in [1.165, 1.54) is 0 Å². The summed E-state index contributed by atoms with van der Waals surface area (Å²) in [5, 5.41) is 12.3. The summed E-state index contributed by atoms with van der Waals surface area (Å²) in [5.74, 6) is 0.320. The zero-order valence-electron chi connectivity index (χ0n) is 8.08. The van der Waals surface area contributed by atoms with E-state index in [0.29, 0.717) is 6.42 Å². The minimum atomic E-state index is -0.310. The van der Waals surface area contributed by atoms with E-state index in [1.807, 2.05) is 13.0 Å². The predicted molar refractivity (Wildman–Crippen MR) is 52.8 cm³/mol. The molecule has 0 bridgehead atoms. The van der Waals surface area contributed by atoms with Gasteiger partial charge in [0, 0.05) is 6.42 Å². The van der Waals surface area contributed by atoms with Gasteiger partial charge in [-0.05, 0) is 31.0 Å². The normalized spacial score (nSPS) is 26.2. The molecule has 2 N–H and O–H groups in total. The van der Waals surface area contributed by atoms with Crippen LogP contribution < -0.4 is 5.32 Å². The molecule has 1 fully saturated rings. The second-order valence-corrected chi connectivity index (χ2v) is 3.93. The zero-order chi connectivity index (χ0) is 10.2. The van der Waals surface area contributed by atoms with Crippen LogP contribution in [0.2, 0.25) is 0 Å². The molecule has 74 valence electrons. The Hall–Kier alpha value is -1.51. The molecular weight excluding hydrogens is 178 g/mol. The number of hydrogen-bond acceptors (Lipinski definition) is 2. The Morgan fingerprint density at radius 2 is 2.29 bits per heavy atom. The van der Waals surface area contributed by atoms with E-state index in [9.17, 15) is 9.90 Å². The van der Waals surface area contributed by atoms with E-state index in [0.717, 1.165) is 12.0 Å². The van der Waals surface area contributed by atoms with E-state index >= 15 is 0 Å². The number of rotatable bonds is 1. The maximum absolute atomic E-state index is 11.1. The molecule has 1 aliphatic rings. The van der Waals surface area contributed by atoms with Gasteiger partial charge in [0.2, 0.25) is 5.91 Å². The van der Waals surface area contributed by atoms with E-state index in [2.05, 4.69) is 5.32 Å². The van der Waals surface area contributed by atoms with Crippen LogP contribution in [-0.4, -0.2) is 11.0 Å². The van der Waals surface area contributed by atoms with Crippen LogP contribution in [0, 0.1) is 0 Å². The minimum absolute atomic E-state index is 0.0795. The molecule has 0 radical (unpaired) electrons. The highest BCUT2D eigenvalue weighted by Crippen LogP contribution is 2.32. The van der Waals surface area contributed by atoms with Crippen LogP contribution in [-0.2, 0) is 10.3 Å². The second kappa shape index (κ2) is 3.01. The molecule has 1 amide bonds. The summed E-state index contributed by atoms with van der Waals surface area (Å²) in [7, 11) is 0. The topological polar surface area (TPSA) is 49.3 Å². The number of amides is 1. The van der Waals surface area contributed by atoms with Crippen LogP contribution in [0.3, 0.4) is 0 Å². The average molecular weight is 191 g/mol. The van der Waals surface area contributed by atoms with Crippen molar-refractivity contribution < 1.29 is 9.90 Å². The van der Waals surface area contributed by atoms with Gasteiger partial charge >= 0.3 is 0 Å². The van der Waals surface area contributed by atoms with Crippen molar-refractivity contribution >= 4 is 5.91 Å². The molecule has 2 rings (SSSR count). The summed E-state index contributed by atoms with van der Waals surface area (Å²) >= 11 is 0. The molecule has 1 aromatic carbocycles. The number of carbonyl (C=O) groups is 1. The standard InChI is InChI=1S/C11H13NO2/c1-11(6-5-10(14)12-11)8-3-2-4-9(13)7-8/h2-4,7,13H,5-6H2,1H3,(H,12,14). The van der Waals surface area contributed by atoms with Crippen LogP contribution in [0.5, 0.6) is 5.75 Å². The van der Waals surface area contributed by atoms with Gasteiger partial charge in [0.05, 0.1) is 5.54 Å². The van der Waals surface area contributed by atoms with Crippen molar-refractivity contribution in [2.24, 2.45) is 0 Å². The molecule has 1 aliphatic heterocycles. The third kappa shape index (κ3) is 1.45. The van der Waals surface area contributed by atoms with E-state index in [1.54, 1.807) is 18.2 Å². The molecule has 0 aromatic heterocycles. The summed E-state index contributed by atoms with van der Waals surface area (Å²) in [4.78, 5) is 11.1. The lowest BCUT2D eigenvalue weighted by atomic mass is 9.90. The van der Waals surface area contributed by atoms with Gasteiger partial charge in [0.1, 0.15) is 5.75 Å². The third-order valence-electron chi connectivity index (χ3n) is 2.75. The molecule has 0 spiro atoms. The van der Waals surface area contributed by atoms with Gasteiger partial charge < -0.3 is 10.4 Å². The lowest BCUT2D eigenvalue weighted by Crippen LogP contribution is -2.35. The zero-order valence-corrected chi connectivity index (χ0v) is 8.08. The molecule has 3 nitrogen and oxygen atoms in total. The number of carbonyl (C=O) groups excluding carboxylic acids is 1. The van der Waals surface area contributed by atoms with Gasteiger partial charge in [-0.2, -0.15) is 0 Å². The van der Waals surface area contributed by atoms with E-state index < -0.39 is 0 Å². The lowest BCUT2D eigenvalue weighted by molar-refractivity contribution is -0.119. The second-order valence-electron chi connectivity index (χ2n) is 3.93. The Balaban J connectivity index is 2.34. The number of benzene rings is 1. The van der Waals surface area contributed by atoms with E-state index in [-0.39, 0.29) is 17.2 Å². The van der Waals surface area contributed by atoms with Crippen molar-refractivity contribution in [3.63, 3.8) is 0 Å². The number of nitrogens with one attached hydrogen (secondary N) is 1. The van der Waals surface area contributed by atoms with Gasteiger partial charge in [-0.25, -0.2) is 0 Å². The van der Waals surface area contributed by atoms with Crippen molar-refractivity contribution in [3.8, 4) is 5.75 Å². The Kier molecular flexibility index (Phi) is 1.95. The maximum atomic E-state index is 11.1. The summed E-state index contributed by atoms with van der Waals surface area (Å²) in [6.07, 6.45) is 1.35. The molecule has 1 aromatic rings. The van der Waals surface area contributed by atoms with Gasteiger partial charge in [-0.1, -0.05) is 12.1 Å². The van der Waals surface area contributed by atoms with Gasteiger partial charge in [0.25, 0.3) is 0 Å². The highest BCUT2D eigenvalue weighted by atomic mass is 16.3. The first-order valence-corrected chi connectivity index (χ1v) is 4.71. The summed E-state index contributed by atoms with van der Waals surface area (Å²) in [5.41, 5.74) is 0.652. The first-order chi connectivity index (χ1) is 6.60. The molecule has 0 saturated carbocycles. The third-order valence-corrected chi connectivity index (χ3v) is 2.75. The lowest BCUT2D eigenvalue weighted by Gasteiger charge is -2.24. The van der Waals surface area contributed by atoms with Crippen LogP contribution in [0.25, 0.3) is 0 Å². The van der Waals surface area contributed by atoms with Crippen molar-refractivity contribution in [2.45, 2.75) is 25.3 Å².